The predicted octanol–water partition coefficient (Wildman–Crippen LogP) is 7.70. The van der Waals surface area contributed by atoms with Crippen LogP contribution in [-0.2, 0) is 13.0 Å². The summed E-state index contributed by atoms with van der Waals surface area (Å²) < 4.78 is 4.53. The molecule has 0 bridgehead atoms. The van der Waals surface area contributed by atoms with Gasteiger partial charge >= 0.3 is 0 Å². The van der Waals surface area contributed by atoms with E-state index in [9.17, 15) is 4.79 Å². The zero-order chi connectivity index (χ0) is 21.5. The van der Waals surface area contributed by atoms with Crippen molar-refractivity contribution in [3.05, 3.63) is 76.0 Å². The second-order valence-electron chi connectivity index (χ2n) is 8.21. The van der Waals surface area contributed by atoms with Crippen LogP contribution in [0.5, 0.6) is 0 Å². The molecule has 2 aromatic heterocycles. The Morgan fingerprint density at radius 2 is 1.58 bits per heavy atom. The van der Waals surface area contributed by atoms with Gasteiger partial charge in [0.1, 0.15) is 5.65 Å². The molecular formula is C26H24Cl2N2O. The summed E-state index contributed by atoms with van der Waals surface area (Å²) in [4.78, 5) is 13.4. The van der Waals surface area contributed by atoms with Gasteiger partial charge in [0.05, 0.1) is 11.4 Å². The zero-order valence-electron chi connectivity index (χ0n) is 17.5. The van der Waals surface area contributed by atoms with E-state index < -0.39 is 0 Å². The summed E-state index contributed by atoms with van der Waals surface area (Å²) in [6.45, 7) is 2.99. The molecule has 2 aromatic carbocycles. The molecule has 5 rings (SSSR count). The van der Waals surface area contributed by atoms with Crippen LogP contribution in [0.3, 0.4) is 0 Å². The number of carbonyl (C=O) groups excluding carboxylic acids is 1. The lowest BCUT2D eigenvalue weighted by Gasteiger charge is -2.09. The van der Waals surface area contributed by atoms with Crippen molar-refractivity contribution in [3.8, 4) is 22.4 Å². The molecule has 0 radical (unpaired) electrons. The highest BCUT2D eigenvalue weighted by molar-refractivity contribution is 6.31. The summed E-state index contributed by atoms with van der Waals surface area (Å²) in [5, 5.41) is 1.43. The van der Waals surface area contributed by atoms with Gasteiger partial charge in [0, 0.05) is 40.3 Å². The van der Waals surface area contributed by atoms with E-state index >= 15 is 0 Å². The number of nitrogens with zero attached hydrogens (tertiary/aromatic N) is 2. The monoisotopic (exact) mass is 450 g/mol. The maximum atomic E-state index is 13.4. The van der Waals surface area contributed by atoms with Gasteiger partial charge in [-0.1, -0.05) is 54.4 Å². The topological polar surface area (TPSA) is 26.4 Å². The van der Waals surface area contributed by atoms with Crippen LogP contribution < -0.4 is 0 Å². The summed E-state index contributed by atoms with van der Waals surface area (Å²) in [5.74, 6) is 0.189. The third-order valence-electron chi connectivity index (χ3n) is 6.15. The number of halogens is 2. The first-order chi connectivity index (χ1) is 15.1. The fourth-order valence-electron chi connectivity index (χ4n) is 4.78. The fraction of sp³-hybridized carbons (Fsp3) is 0.269. The number of hydrogen-bond acceptors (Lipinski definition) is 1. The molecule has 0 spiro atoms. The number of carbonyl (C=O) groups is 1. The highest BCUT2D eigenvalue weighted by Gasteiger charge is 2.29. The van der Waals surface area contributed by atoms with Crippen LogP contribution in [0.1, 0.15) is 48.7 Å². The van der Waals surface area contributed by atoms with Crippen molar-refractivity contribution in [2.24, 2.45) is 0 Å². The molecule has 158 valence electrons. The van der Waals surface area contributed by atoms with Gasteiger partial charge in [-0.3, -0.25) is 9.20 Å². The van der Waals surface area contributed by atoms with Gasteiger partial charge in [-0.25, -0.2) is 0 Å². The van der Waals surface area contributed by atoms with E-state index in [4.69, 9.17) is 23.2 Å². The average molecular weight is 451 g/mol. The minimum Gasteiger partial charge on any atom is -0.325 e. The lowest BCUT2D eigenvalue weighted by atomic mass is 9.96. The largest absolute Gasteiger partial charge is 0.325 e. The number of Topliss-reactive ketones (excluding diaryl/α,β-unsaturated/α-hetero) is 1. The van der Waals surface area contributed by atoms with Crippen molar-refractivity contribution in [2.75, 3.05) is 0 Å². The van der Waals surface area contributed by atoms with Gasteiger partial charge in [0.25, 0.3) is 0 Å². The summed E-state index contributed by atoms with van der Waals surface area (Å²) in [6.07, 6.45) is 6.67. The van der Waals surface area contributed by atoms with Crippen LogP contribution in [-0.4, -0.2) is 14.8 Å². The van der Waals surface area contributed by atoms with Crippen molar-refractivity contribution in [3.63, 3.8) is 0 Å². The Kier molecular flexibility index (Phi) is 5.41. The predicted molar refractivity (Wildman–Crippen MR) is 128 cm³/mol. The normalized spacial score (nSPS) is 13.5. The van der Waals surface area contributed by atoms with Crippen LogP contribution in [0, 0.1) is 0 Å². The van der Waals surface area contributed by atoms with E-state index in [0.29, 0.717) is 11.4 Å². The van der Waals surface area contributed by atoms with Crippen molar-refractivity contribution in [2.45, 2.75) is 45.6 Å². The highest BCUT2D eigenvalue weighted by Crippen LogP contribution is 2.40. The molecule has 0 amide bonds. The van der Waals surface area contributed by atoms with Crippen LogP contribution in [0.25, 0.3) is 28.0 Å². The number of hydrogen-bond donors (Lipinski definition) is 0. The molecule has 0 saturated heterocycles. The van der Waals surface area contributed by atoms with E-state index in [1.54, 1.807) is 0 Å². The Labute approximate surface area is 192 Å². The molecule has 0 N–H and O–H groups in total. The van der Waals surface area contributed by atoms with Crippen molar-refractivity contribution < 1.29 is 4.79 Å². The Hall–Kier alpha value is -2.49. The molecule has 3 heterocycles. The minimum absolute atomic E-state index is 0.189. The number of aryl methyl sites for hydroxylation is 2. The highest BCUT2D eigenvalue weighted by atomic mass is 35.5. The van der Waals surface area contributed by atoms with Crippen molar-refractivity contribution in [1.29, 1.82) is 0 Å². The Morgan fingerprint density at radius 1 is 0.935 bits per heavy atom. The first kappa shape index (κ1) is 20.4. The molecule has 0 aliphatic carbocycles. The Morgan fingerprint density at radius 3 is 2.23 bits per heavy atom. The summed E-state index contributed by atoms with van der Waals surface area (Å²) in [6, 6.07) is 15.8. The molecule has 0 saturated carbocycles. The smallest absolute Gasteiger partial charge is 0.180 e. The molecule has 0 fully saturated rings. The number of benzene rings is 2. The van der Waals surface area contributed by atoms with E-state index in [0.717, 1.165) is 71.0 Å². The quantitative estimate of drug-likeness (QED) is 0.286. The SMILES string of the molecule is CCCC(=O)c1c(-c2ccc(Cl)cc2)c2c3n(c(-c4ccc(Cl)cc4)cn13)CCCC2. The van der Waals surface area contributed by atoms with Crippen molar-refractivity contribution >= 4 is 34.6 Å². The maximum absolute atomic E-state index is 13.4. The van der Waals surface area contributed by atoms with Gasteiger partial charge in [-0.15, -0.1) is 0 Å². The lowest BCUT2D eigenvalue weighted by Crippen LogP contribution is -2.04. The van der Waals surface area contributed by atoms with Crippen molar-refractivity contribution in [1.82, 2.24) is 8.97 Å². The van der Waals surface area contributed by atoms with E-state index in [2.05, 4.69) is 34.2 Å². The van der Waals surface area contributed by atoms with Gasteiger partial charge < -0.3 is 4.57 Å². The molecule has 3 nitrogen and oxygen atoms in total. The molecule has 4 aromatic rings. The average Bonchev–Trinajstić information content (AvgIpc) is 3.18. The van der Waals surface area contributed by atoms with Gasteiger partial charge in [0.2, 0.25) is 0 Å². The number of ketones is 1. The number of aromatic nitrogens is 2. The zero-order valence-corrected chi connectivity index (χ0v) is 19.0. The van der Waals surface area contributed by atoms with Gasteiger partial charge in [-0.05, 0) is 61.1 Å². The summed E-state index contributed by atoms with van der Waals surface area (Å²) in [7, 11) is 0. The number of rotatable bonds is 5. The fourth-order valence-corrected chi connectivity index (χ4v) is 5.04. The Balaban J connectivity index is 1.83. The summed E-state index contributed by atoms with van der Waals surface area (Å²) in [5.41, 5.74) is 7.58. The van der Waals surface area contributed by atoms with Crippen LogP contribution in [0.15, 0.2) is 54.7 Å². The second kappa shape index (κ2) is 8.22. The molecule has 5 heteroatoms. The first-order valence-corrected chi connectivity index (χ1v) is 11.7. The third-order valence-corrected chi connectivity index (χ3v) is 6.65. The summed E-state index contributed by atoms with van der Waals surface area (Å²) >= 11 is 12.3. The molecular weight excluding hydrogens is 427 g/mol. The molecule has 0 unspecified atom stereocenters. The molecule has 1 aliphatic heterocycles. The third kappa shape index (κ3) is 3.50. The van der Waals surface area contributed by atoms with Crippen LogP contribution >= 0.6 is 23.2 Å². The van der Waals surface area contributed by atoms with E-state index in [-0.39, 0.29) is 5.78 Å². The second-order valence-corrected chi connectivity index (χ2v) is 9.08. The number of imidazole rings is 1. The van der Waals surface area contributed by atoms with E-state index in [1.807, 2.05) is 36.4 Å². The molecule has 0 atom stereocenters. The lowest BCUT2D eigenvalue weighted by molar-refractivity contribution is 0.0977. The first-order valence-electron chi connectivity index (χ1n) is 10.9. The molecule has 1 aliphatic rings. The Bertz CT molecular complexity index is 1260. The van der Waals surface area contributed by atoms with Gasteiger partial charge in [-0.2, -0.15) is 0 Å². The van der Waals surface area contributed by atoms with E-state index in [1.165, 1.54) is 5.56 Å². The standard InChI is InChI=1S/C26H24Cl2N2O/c1-2-5-23(31)25-24(18-9-13-20(28)14-10-18)21-6-3-4-15-29-22(16-30(25)26(21)29)17-7-11-19(27)12-8-17/h7-14,16H,2-6,15H2,1H3. The minimum atomic E-state index is 0.189. The van der Waals surface area contributed by atoms with Crippen LogP contribution in [0.2, 0.25) is 10.0 Å². The van der Waals surface area contributed by atoms with Gasteiger partial charge in [0.15, 0.2) is 5.78 Å². The van der Waals surface area contributed by atoms with Crippen LogP contribution in [0.4, 0.5) is 0 Å². The molecule has 31 heavy (non-hydrogen) atoms. The maximum Gasteiger partial charge on any atom is 0.180 e.